The Morgan fingerprint density at radius 1 is 1.50 bits per heavy atom. The lowest BCUT2D eigenvalue weighted by Crippen LogP contribution is -2.31. The van der Waals surface area contributed by atoms with Crippen molar-refractivity contribution in [3.63, 3.8) is 0 Å². The van der Waals surface area contributed by atoms with Gasteiger partial charge < -0.3 is 5.73 Å². The normalized spacial score (nSPS) is 13.5. The zero-order valence-corrected chi connectivity index (χ0v) is 10.8. The Kier molecular flexibility index (Phi) is 4.18. The van der Waals surface area contributed by atoms with Gasteiger partial charge in [-0.2, -0.15) is 0 Å². The highest BCUT2D eigenvalue weighted by Crippen LogP contribution is 2.24. The lowest BCUT2D eigenvalue weighted by Gasteiger charge is -2.15. The van der Waals surface area contributed by atoms with Crippen molar-refractivity contribution in [1.29, 1.82) is 0 Å². The van der Waals surface area contributed by atoms with Crippen LogP contribution in [0.15, 0.2) is 18.2 Å². The minimum absolute atomic E-state index is 0.0783. The topological polar surface area (TPSA) is 72.2 Å². The van der Waals surface area contributed by atoms with Gasteiger partial charge in [-0.25, -0.2) is 8.42 Å². The highest BCUT2D eigenvalue weighted by atomic mass is 35.5. The number of nitrogens with two attached hydrogens (primary N) is 1. The van der Waals surface area contributed by atoms with Gasteiger partial charge in [0.2, 0.25) is 10.0 Å². The van der Waals surface area contributed by atoms with Gasteiger partial charge in [0.1, 0.15) is 0 Å². The number of hydrogen-bond donors (Lipinski definition) is 2. The van der Waals surface area contributed by atoms with Gasteiger partial charge in [0.15, 0.2) is 0 Å². The van der Waals surface area contributed by atoms with E-state index in [-0.39, 0.29) is 6.54 Å². The molecule has 1 unspecified atom stereocenters. The van der Waals surface area contributed by atoms with Crippen molar-refractivity contribution in [3.8, 4) is 0 Å². The highest BCUT2D eigenvalue weighted by Gasteiger charge is 2.19. The minimum Gasteiger partial charge on any atom is -0.329 e. The van der Waals surface area contributed by atoms with Crippen molar-refractivity contribution >= 4 is 27.3 Å². The van der Waals surface area contributed by atoms with E-state index in [4.69, 9.17) is 17.3 Å². The van der Waals surface area contributed by atoms with Crippen LogP contribution in [-0.2, 0) is 10.0 Å². The third-order valence-corrected chi connectivity index (χ3v) is 4.55. The van der Waals surface area contributed by atoms with Crippen LogP contribution in [0.1, 0.15) is 12.5 Å². The fourth-order valence-corrected chi connectivity index (χ4v) is 2.26. The van der Waals surface area contributed by atoms with E-state index in [9.17, 15) is 8.42 Å². The van der Waals surface area contributed by atoms with Crippen molar-refractivity contribution in [2.45, 2.75) is 19.1 Å². The summed E-state index contributed by atoms with van der Waals surface area (Å²) in [5.41, 5.74) is 6.53. The summed E-state index contributed by atoms with van der Waals surface area (Å²) in [6.45, 7) is 3.39. The number of hydrogen-bond acceptors (Lipinski definition) is 3. The summed E-state index contributed by atoms with van der Waals surface area (Å²) < 4.78 is 26.0. The Hall–Kier alpha value is -0.780. The van der Waals surface area contributed by atoms with E-state index in [1.807, 2.05) is 0 Å². The quantitative estimate of drug-likeness (QED) is 0.868. The largest absolute Gasteiger partial charge is 0.329 e. The van der Waals surface area contributed by atoms with Gasteiger partial charge in [-0.05, 0) is 31.5 Å². The summed E-state index contributed by atoms with van der Waals surface area (Å²) in [7, 11) is -3.44. The van der Waals surface area contributed by atoms with E-state index in [0.717, 1.165) is 0 Å². The molecule has 1 atom stereocenters. The number of rotatable bonds is 4. The first kappa shape index (κ1) is 13.3. The van der Waals surface area contributed by atoms with Gasteiger partial charge in [-0.3, -0.25) is 4.72 Å². The van der Waals surface area contributed by atoms with Crippen molar-refractivity contribution in [2.24, 2.45) is 5.73 Å². The van der Waals surface area contributed by atoms with E-state index < -0.39 is 15.3 Å². The molecule has 6 heteroatoms. The standard InChI is InChI=1S/C10H15ClN2O2S/c1-7(6-12)16(14,15)13-10-5-3-4-9(11)8(10)2/h3-5,7,13H,6,12H2,1-2H3. The first-order valence-electron chi connectivity index (χ1n) is 4.85. The van der Waals surface area contributed by atoms with Gasteiger partial charge in [-0.1, -0.05) is 17.7 Å². The summed E-state index contributed by atoms with van der Waals surface area (Å²) in [6, 6.07) is 5.07. The molecule has 0 radical (unpaired) electrons. The molecule has 16 heavy (non-hydrogen) atoms. The molecule has 0 saturated carbocycles. The van der Waals surface area contributed by atoms with Gasteiger partial charge in [-0.15, -0.1) is 0 Å². The molecule has 0 aliphatic carbocycles. The summed E-state index contributed by atoms with van der Waals surface area (Å²) in [6.07, 6.45) is 0. The van der Waals surface area contributed by atoms with E-state index >= 15 is 0 Å². The average molecular weight is 263 g/mol. The van der Waals surface area contributed by atoms with Crippen molar-refractivity contribution < 1.29 is 8.42 Å². The van der Waals surface area contributed by atoms with E-state index in [2.05, 4.69) is 4.72 Å². The summed E-state index contributed by atoms with van der Waals surface area (Å²) in [5.74, 6) is 0. The van der Waals surface area contributed by atoms with E-state index in [0.29, 0.717) is 16.3 Å². The second kappa shape index (κ2) is 5.03. The van der Waals surface area contributed by atoms with Crippen molar-refractivity contribution in [3.05, 3.63) is 28.8 Å². The smallest absolute Gasteiger partial charge is 0.236 e. The second-order valence-corrected chi connectivity index (χ2v) is 6.11. The van der Waals surface area contributed by atoms with Crippen LogP contribution in [-0.4, -0.2) is 20.2 Å². The van der Waals surface area contributed by atoms with Gasteiger partial charge in [0.25, 0.3) is 0 Å². The SMILES string of the molecule is Cc1c(Cl)cccc1NS(=O)(=O)C(C)CN. The molecule has 0 bridgehead atoms. The zero-order chi connectivity index (χ0) is 12.3. The first-order chi connectivity index (χ1) is 7.38. The molecular weight excluding hydrogens is 248 g/mol. The Balaban J connectivity index is 3.02. The molecule has 0 aromatic heterocycles. The number of halogens is 1. The average Bonchev–Trinajstić information content (AvgIpc) is 2.23. The Morgan fingerprint density at radius 2 is 2.12 bits per heavy atom. The monoisotopic (exact) mass is 262 g/mol. The molecule has 90 valence electrons. The maximum absolute atomic E-state index is 11.8. The Labute approximate surface area is 101 Å². The number of anilines is 1. The molecule has 1 aromatic rings. The van der Waals surface area contributed by atoms with Crippen molar-refractivity contribution in [2.75, 3.05) is 11.3 Å². The number of benzene rings is 1. The maximum atomic E-state index is 11.8. The van der Waals surface area contributed by atoms with E-state index in [1.54, 1.807) is 32.0 Å². The predicted octanol–water partition coefficient (Wildman–Crippen LogP) is 1.74. The zero-order valence-electron chi connectivity index (χ0n) is 9.20. The summed E-state index contributed by atoms with van der Waals surface area (Å²) >= 11 is 5.90. The third kappa shape index (κ3) is 2.87. The lowest BCUT2D eigenvalue weighted by atomic mass is 10.2. The number of nitrogens with one attached hydrogen (secondary N) is 1. The fraction of sp³-hybridized carbons (Fsp3) is 0.400. The summed E-state index contributed by atoms with van der Waals surface area (Å²) in [5, 5.41) is -0.105. The second-order valence-electron chi connectivity index (χ2n) is 3.61. The fourth-order valence-electron chi connectivity index (χ4n) is 1.10. The van der Waals surface area contributed by atoms with Crippen LogP contribution in [0.3, 0.4) is 0 Å². The molecule has 0 spiro atoms. The Bertz CT molecular complexity index is 474. The van der Waals surface area contributed by atoms with Crippen molar-refractivity contribution in [1.82, 2.24) is 0 Å². The molecule has 0 heterocycles. The first-order valence-corrected chi connectivity index (χ1v) is 6.77. The van der Waals surface area contributed by atoms with Gasteiger partial charge in [0.05, 0.1) is 10.9 Å². The number of sulfonamides is 1. The van der Waals surface area contributed by atoms with Crippen LogP contribution in [0.25, 0.3) is 0 Å². The third-order valence-electron chi connectivity index (χ3n) is 2.38. The molecule has 4 nitrogen and oxygen atoms in total. The minimum atomic E-state index is -3.44. The van der Waals surface area contributed by atoms with Crippen LogP contribution < -0.4 is 10.5 Å². The van der Waals surface area contributed by atoms with Crippen LogP contribution in [0.2, 0.25) is 5.02 Å². The maximum Gasteiger partial charge on any atom is 0.236 e. The lowest BCUT2D eigenvalue weighted by molar-refractivity contribution is 0.589. The van der Waals surface area contributed by atoms with Crippen LogP contribution in [0.4, 0.5) is 5.69 Å². The molecule has 0 amide bonds. The molecular formula is C10H15ClN2O2S. The van der Waals surface area contributed by atoms with Crippen LogP contribution in [0, 0.1) is 6.92 Å². The molecule has 3 N–H and O–H groups in total. The molecule has 0 saturated heterocycles. The predicted molar refractivity (Wildman–Crippen MR) is 67.2 cm³/mol. The van der Waals surface area contributed by atoms with Gasteiger partial charge >= 0.3 is 0 Å². The molecule has 0 aliphatic heterocycles. The van der Waals surface area contributed by atoms with Gasteiger partial charge in [0, 0.05) is 11.6 Å². The molecule has 1 rings (SSSR count). The van der Waals surface area contributed by atoms with E-state index in [1.165, 1.54) is 0 Å². The Morgan fingerprint density at radius 3 is 2.69 bits per heavy atom. The molecule has 1 aromatic carbocycles. The summed E-state index contributed by atoms with van der Waals surface area (Å²) in [4.78, 5) is 0. The molecule has 0 fully saturated rings. The molecule has 0 aliphatic rings. The van der Waals surface area contributed by atoms with Crippen LogP contribution in [0.5, 0.6) is 0 Å². The van der Waals surface area contributed by atoms with Crippen LogP contribution >= 0.6 is 11.6 Å². The highest BCUT2D eigenvalue weighted by molar-refractivity contribution is 7.93.